The zero-order chi connectivity index (χ0) is 16.5. The molecule has 1 rings (SSSR count). The molecule has 0 aromatic rings. The highest BCUT2D eigenvalue weighted by Crippen LogP contribution is 2.29. The largest absolute Gasteiger partial charge is 0.481 e. The third-order valence-electron chi connectivity index (χ3n) is 3.66. The Morgan fingerprint density at radius 1 is 1.05 bits per heavy atom. The van der Waals surface area contributed by atoms with Crippen LogP contribution in [0.3, 0.4) is 0 Å². The van der Waals surface area contributed by atoms with E-state index in [2.05, 4.69) is 0 Å². The normalized spacial score (nSPS) is 20.6. The molecule has 21 heavy (non-hydrogen) atoms. The summed E-state index contributed by atoms with van der Waals surface area (Å²) in [5.41, 5.74) is -1.18. The third kappa shape index (κ3) is 3.14. The van der Waals surface area contributed by atoms with Gasteiger partial charge in [-0.3, -0.25) is 19.3 Å². The van der Waals surface area contributed by atoms with Crippen LogP contribution in [0.5, 0.6) is 0 Å². The van der Waals surface area contributed by atoms with Crippen LogP contribution in [0.15, 0.2) is 0 Å². The van der Waals surface area contributed by atoms with Gasteiger partial charge in [0.05, 0.1) is 11.8 Å². The fraction of sp³-hybridized carbons (Fsp3) is 0.692. The van der Waals surface area contributed by atoms with Gasteiger partial charge in [-0.25, -0.2) is 4.79 Å². The minimum Gasteiger partial charge on any atom is -0.481 e. The van der Waals surface area contributed by atoms with E-state index < -0.39 is 41.3 Å². The van der Waals surface area contributed by atoms with Gasteiger partial charge in [0.15, 0.2) is 0 Å². The lowest BCUT2D eigenvalue weighted by molar-refractivity contribution is -0.144. The molecule has 0 aliphatic carbocycles. The Bertz CT molecular complexity index is 487. The first kappa shape index (κ1) is 16.9. The summed E-state index contributed by atoms with van der Waals surface area (Å²) in [5.74, 6) is -4.39. The number of carboxylic acids is 2. The summed E-state index contributed by atoms with van der Waals surface area (Å²) in [7, 11) is 0. The fourth-order valence-corrected chi connectivity index (χ4v) is 2.09. The van der Waals surface area contributed by atoms with Crippen LogP contribution in [0.4, 0.5) is 4.79 Å². The number of imide groups is 1. The lowest BCUT2D eigenvalue weighted by Crippen LogP contribution is -2.47. The number of nitrogens with zero attached hydrogens (tertiary/aromatic N) is 2. The van der Waals surface area contributed by atoms with Crippen molar-refractivity contribution < 1.29 is 29.4 Å². The number of carbonyl (C=O) groups excluding carboxylic acids is 2. The summed E-state index contributed by atoms with van der Waals surface area (Å²) in [4.78, 5) is 48.4. The van der Waals surface area contributed by atoms with Crippen LogP contribution in [0.2, 0.25) is 0 Å². The molecule has 2 atom stereocenters. The topological polar surface area (TPSA) is 115 Å². The highest BCUT2D eigenvalue weighted by atomic mass is 16.4. The number of carbonyl (C=O) groups is 4. The first-order chi connectivity index (χ1) is 9.50. The van der Waals surface area contributed by atoms with Crippen LogP contribution in [0, 0.1) is 11.8 Å². The summed E-state index contributed by atoms with van der Waals surface area (Å²) in [6, 6.07) is -0.647. The third-order valence-corrected chi connectivity index (χ3v) is 3.66. The van der Waals surface area contributed by atoms with Gasteiger partial charge in [0.1, 0.15) is 5.54 Å². The van der Waals surface area contributed by atoms with Gasteiger partial charge in [-0.15, -0.1) is 0 Å². The van der Waals surface area contributed by atoms with E-state index in [0.29, 0.717) is 0 Å². The Morgan fingerprint density at radius 3 is 1.90 bits per heavy atom. The summed E-state index contributed by atoms with van der Waals surface area (Å²) in [5, 5.41) is 17.8. The van der Waals surface area contributed by atoms with Crippen molar-refractivity contribution in [2.24, 2.45) is 11.8 Å². The monoisotopic (exact) mass is 300 g/mol. The summed E-state index contributed by atoms with van der Waals surface area (Å²) >= 11 is 0. The molecule has 1 heterocycles. The summed E-state index contributed by atoms with van der Waals surface area (Å²) in [6.07, 6.45) is 0. The van der Waals surface area contributed by atoms with E-state index in [9.17, 15) is 19.2 Å². The molecule has 2 unspecified atom stereocenters. The SMILES string of the molecule is CC(CN1C(=O)N(CC(C)C(=O)O)C(C)(C)C1=O)C(=O)O. The molecule has 8 heteroatoms. The van der Waals surface area contributed by atoms with Gasteiger partial charge >= 0.3 is 18.0 Å². The predicted octanol–water partition coefficient (Wildman–Crippen LogP) is 0.471. The number of rotatable bonds is 6. The molecule has 1 fully saturated rings. The highest BCUT2D eigenvalue weighted by Gasteiger charge is 2.52. The molecule has 8 nitrogen and oxygen atoms in total. The van der Waals surface area contributed by atoms with Gasteiger partial charge in [-0.05, 0) is 13.8 Å². The molecular weight excluding hydrogens is 280 g/mol. The fourth-order valence-electron chi connectivity index (χ4n) is 2.09. The smallest absolute Gasteiger partial charge is 0.327 e. The van der Waals surface area contributed by atoms with Gasteiger partial charge in [0.2, 0.25) is 0 Å². The Labute approximate surface area is 122 Å². The van der Waals surface area contributed by atoms with E-state index in [1.54, 1.807) is 0 Å². The molecule has 118 valence electrons. The lowest BCUT2D eigenvalue weighted by atomic mass is 10.0. The minimum atomic E-state index is -1.18. The van der Waals surface area contributed by atoms with Crippen LogP contribution in [-0.2, 0) is 14.4 Å². The highest BCUT2D eigenvalue weighted by molar-refractivity contribution is 6.06. The van der Waals surface area contributed by atoms with Gasteiger partial charge in [-0.1, -0.05) is 13.8 Å². The van der Waals surface area contributed by atoms with Gasteiger partial charge < -0.3 is 15.1 Å². The molecule has 0 aromatic carbocycles. The average Bonchev–Trinajstić information content (AvgIpc) is 2.52. The Kier molecular flexibility index (Phi) is 4.60. The van der Waals surface area contributed by atoms with Crippen molar-refractivity contribution >= 4 is 23.9 Å². The number of hydrogen-bond donors (Lipinski definition) is 2. The standard InChI is InChI=1S/C13H20N2O6/c1-7(9(16)17)5-14-11(20)13(3,4)15(12(14)21)6-8(2)10(18)19/h7-8H,5-6H2,1-4H3,(H,16,17)(H,18,19). The average molecular weight is 300 g/mol. The first-order valence-corrected chi connectivity index (χ1v) is 6.59. The number of aliphatic carboxylic acids is 2. The molecule has 0 aromatic heterocycles. The van der Waals surface area contributed by atoms with E-state index in [4.69, 9.17) is 10.2 Å². The second-order valence-corrected chi connectivity index (χ2v) is 5.85. The maximum atomic E-state index is 12.3. The Morgan fingerprint density at radius 2 is 1.48 bits per heavy atom. The number of amides is 3. The van der Waals surface area contributed by atoms with Crippen LogP contribution in [0.1, 0.15) is 27.7 Å². The van der Waals surface area contributed by atoms with Gasteiger partial charge in [-0.2, -0.15) is 0 Å². The molecule has 0 spiro atoms. The minimum absolute atomic E-state index is 0.106. The second-order valence-electron chi connectivity index (χ2n) is 5.85. The van der Waals surface area contributed by atoms with Crippen molar-refractivity contribution in [1.29, 1.82) is 0 Å². The van der Waals surface area contributed by atoms with Crippen molar-refractivity contribution in [3.05, 3.63) is 0 Å². The maximum Gasteiger partial charge on any atom is 0.327 e. The van der Waals surface area contributed by atoms with Crippen LogP contribution >= 0.6 is 0 Å². The zero-order valence-electron chi connectivity index (χ0n) is 12.5. The molecule has 3 amide bonds. The van der Waals surface area contributed by atoms with E-state index >= 15 is 0 Å². The predicted molar refractivity (Wildman–Crippen MR) is 71.5 cm³/mol. The van der Waals surface area contributed by atoms with E-state index in [-0.39, 0.29) is 13.1 Å². The Balaban J connectivity index is 2.97. The lowest BCUT2D eigenvalue weighted by Gasteiger charge is -2.29. The van der Waals surface area contributed by atoms with Crippen LogP contribution in [-0.4, -0.2) is 62.5 Å². The van der Waals surface area contributed by atoms with E-state index in [0.717, 1.165) is 4.90 Å². The quantitative estimate of drug-likeness (QED) is 0.689. The number of carboxylic acid groups (broad SMARTS) is 2. The van der Waals surface area contributed by atoms with Gasteiger partial charge in [0.25, 0.3) is 5.91 Å². The van der Waals surface area contributed by atoms with Crippen molar-refractivity contribution in [3.8, 4) is 0 Å². The second kappa shape index (κ2) is 5.71. The Hall–Kier alpha value is -2.12. The van der Waals surface area contributed by atoms with Crippen molar-refractivity contribution in [3.63, 3.8) is 0 Å². The molecule has 0 saturated carbocycles. The van der Waals surface area contributed by atoms with E-state index in [1.807, 2.05) is 0 Å². The number of hydrogen-bond acceptors (Lipinski definition) is 4. The van der Waals surface area contributed by atoms with Crippen molar-refractivity contribution in [2.45, 2.75) is 33.2 Å². The molecule has 0 radical (unpaired) electrons. The maximum absolute atomic E-state index is 12.3. The first-order valence-electron chi connectivity index (χ1n) is 6.59. The molecule has 2 N–H and O–H groups in total. The van der Waals surface area contributed by atoms with E-state index in [1.165, 1.54) is 32.6 Å². The molecule has 1 aliphatic heterocycles. The zero-order valence-corrected chi connectivity index (χ0v) is 12.5. The van der Waals surface area contributed by atoms with Crippen molar-refractivity contribution in [1.82, 2.24) is 9.80 Å². The molecule has 0 bridgehead atoms. The molecule has 1 saturated heterocycles. The summed E-state index contributed by atoms with van der Waals surface area (Å²) < 4.78 is 0. The van der Waals surface area contributed by atoms with Gasteiger partial charge in [0, 0.05) is 13.1 Å². The number of urea groups is 1. The summed E-state index contributed by atoms with van der Waals surface area (Å²) in [6.45, 7) is 5.55. The molecular formula is C13H20N2O6. The van der Waals surface area contributed by atoms with Crippen LogP contribution < -0.4 is 0 Å². The van der Waals surface area contributed by atoms with Crippen molar-refractivity contribution in [2.75, 3.05) is 13.1 Å². The van der Waals surface area contributed by atoms with Crippen LogP contribution in [0.25, 0.3) is 0 Å². The molecule has 1 aliphatic rings.